The van der Waals surface area contributed by atoms with Gasteiger partial charge in [-0.1, -0.05) is 23.7 Å². The Kier molecular flexibility index (Phi) is 4.44. The molecule has 4 rings (SSSR count). The smallest absolute Gasteiger partial charge is 0.261 e. The van der Waals surface area contributed by atoms with Crippen LogP contribution in [0.4, 0.5) is 14.5 Å². The predicted molar refractivity (Wildman–Crippen MR) is 99.7 cm³/mol. The van der Waals surface area contributed by atoms with Gasteiger partial charge >= 0.3 is 0 Å². The van der Waals surface area contributed by atoms with Gasteiger partial charge in [-0.25, -0.2) is 13.5 Å². The first-order valence-corrected chi connectivity index (χ1v) is 8.94. The first-order chi connectivity index (χ1) is 13.0. The van der Waals surface area contributed by atoms with Crippen LogP contribution >= 0.6 is 11.6 Å². The van der Waals surface area contributed by atoms with E-state index in [1.807, 2.05) is 0 Å². The highest BCUT2D eigenvalue weighted by Crippen LogP contribution is 2.34. The number of halogens is 3. The molecule has 0 saturated heterocycles. The summed E-state index contributed by atoms with van der Waals surface area (Å²) in [7, 11) is 0. The molecule has 0 unspecified atom stereocenters. The maximum Gasteiger partial charge on any atom is 0.261 e. The van der Waals surface area contributed by atoms with Crippen molar-refractivity contribution in [2.24, 2.45) is 0 Å². The van der Waals surface area contributed by atoms with Crippen molar-refractivity contribution in [2.75, 3.05) is 11.4 Å². The molecule has 27 heavy (non-hydrogen) atoms. The molecule has 4 nitrogen and oxygen atoms in total. The molecule has 3 aromatic rings. The molecule has 2 aromatic carbocycles. The minimum Gasteiger partial charge on any atom is -0.305 e. The van der Waals surface area contributed by atoms with Gasteiger partial charge in [-0.15, -0.1) is 0 Å². The third-order valence-corrected chi connectivity index (χ3v) is 4.99. The average Bonchev–Trinajstić information content (AvgIpc) is 3.02. The number of carbonyl (C=O) groups is 1. The normalized spacial score (nSPS) is 13.6. The summed E-state index contributed by atoms with van der Waals surface area (Å²) in [5.74, 6) is -1.33. The van der Waals surface area contributed by atoms with E-state index in [1.54, 1.807) is 31.2 Å². The zero-order chi connectivity index (χ0) is 19.1. The van der Waals surface area contributed by atoms with Crippen LogP contribution in [0, 0.1) is 18.6 Å². The molecule has 7 heteroatoms. The van der Waals surface area contributed by atoms with E-state index in [2.05, 4.69) is 5.10 Å². The van der Waals surface area contributed by atoms with Gasteiger partial charge in [0.1, 0.15) is 17.3 Å². The van der Waals surface area contributed by atoms with Crippen molar-refractivity contribution in [3.63, 3.8) is 0 Å². The van der Waals surface area contributed by atoms with Gasteiger partial charge in [-0.05, 0) is 49.6 Å². The second-order valence-corrected chi connectivity index (χ2v) is 6.90. The van der Waals surface area contributed by atoms with Crippen LogP contribution in [0.3, 0.4) is 0 Å². The average molecular weight is 388 g/mol. The number of hydrogen-bond acceptors (Lipinski definition) is 2. The fourth-order valence-corrected chi connectivity index (χ4v) is 3.71. The molecule has 0 saturated carbocycles. The van der Waals surface area contributed by atoms with E-state index >= 15 is 0 Å². The second-order valence-electron chi connectivity index (χ2n) is 6.46. The summed E-state index contributed by atoms with van der Waals surface area (Å²) in [6, 6.07) is 9.10. The van der Waals surface area contributed by atoms with Crippen molar-refractivity contribution in [2.45, 2.75) is 19.8 Å². The lowest BCUT2D eigenvalue weighted by atomic mass is 10.0. The van der Waals surface area contributed by atoms with Crippen LogP contribution in [0.5, 0.6) is 0 Å². The lowest BCUT2D eigenvalue weighted by Crippen LogP contribution is -2.36. The van der Waals surface area contributed by atoms with Gasteiger partial charge in [0.2, 0.25) is 0 Å². The van der Waals surface area contributed by atoms with E-state index in [-0.39, 0.29) is 17.3 Å². The van der Waals surface area contributed by atoms with Gasteiger partial charge in [0.05, 0.1) is 23.1 Å². The van der Waals surface area contributed by atoms with Gasteiger partial charge in [0.25, 0.3) is 5.91 Å². The summed E-state index contributed by atoms with van der Waals surface area (Å²) in [5.41, 5.74) is 2.02. The molecule has 0 N–H and O–H groups in total. The minimum atomic E-state index is -0.523. The number of amides is 1. The molecule has 0 radical (unpaired) electrons. The summed E-state index contributed by atoms with van der Waals surface area (Å²) in [5, 5.41) is 4.48. The van der Waals surface area contributed by atoms with Crippen molar-refractivity contribution in [3.8, 4) is 5.69 Å². The first-order valence-electron chi connectivity index (χ1n) is 8.56. The number of rotatable bonds is 2. The lowest BCUT2D eigenvalue weighted by molar-refractivity contribution is 0.0983. The van der Waals surface area contributed by atoms with Crippen molar-refractivity contribution in [1.82, 2.24) is 9.78 Å². The fraction of sp³-hybridized carbons (Fsp3) is 0.200. The van der Waals surface area contributed by atoms with E-state index in [0.29, 0.717) is 41.2 Å². The van der Waals surface area contributed by atoms with E-state index in [4.69, 9.17) is 11.6 Å². The van der Waals surface area contributed by atoms with Gasteiger partial charge in [-0.2, -0.15) is 5.10 Å². The molecule has 0 bridgehead atoms. The van der Waals surface area contributed by atoms with E-state index in [9.17, 15) is 13.6 Å². The van der Waals surface area contributed by atoms with Crippen molar-refractivity contribution < 1.29 is 13.6 Å². The highest BCUT2D eigenvalue weighted by molar-refractivity contribution is 6.30. The monoisotopic (exact) mass is 387 g/mol. The Hall–Kier alpha value is -2.73. The molecule has 1 aromatic heterocycles. The summed E-state index contributed by atoms with van der Waals surface area (Å²) in [6.45, 7) is 2.09. The predicted octanol–water partition coefficient (Wildman–Crippen LogP) is 4.71. The third kappa shape index (κ3) is 3.00. The zero-order valence-electron chi connectivity index (χ0n) is 14.5. The van der Waals surface area contributed by atoms with Gasteiger partial charge < -0.3 is 4.90 Å². The molecule has 0 fully saturated rings. The Morgan fingerprint density at radius 2 is 1.96 bits per heavy atom. The van der Waals surface area contributed by atoms with Crippen molar-refractivity contribution in [3.05, 3.63) is 76.1 Å². The van der Waals surface area contributed by atoms with Crippen molar-refractivity contribution >= 4 is 23.2 Å². The number of nitrogens with zero attached hydrogens (tertiary/aromatic N) is 3. The number of carbonyl (C=O) groups excluding carboxylic acids is 1. The summed E-state index contributed by atoms with van der Waals surface area (Å²) < 4.78 is 30.0. The molecular weight excluding hydrogens is 372 g/mol. The van der Waals surface area contributed by atoms with E-state index < -0.39 is 11.6 Å². The Bertz CT molecular complexity index is 1050. The van der Waals surface area contributed by atoms with Gasteiger partial charge in [0.15, 0.2) is 0 Å². The zero-order valence-corrected chi connectivity index (χ0v) is 15.3. The van der Waals surface area contributed by atoms with E-state index in [0.717, 1.165) is 0 Å². The van der Waals surface area contributed by atoms with E-state index in [1.165, 1.54) is 27.9 Å². The minimum absolute atomic E-state index is 0.256. The number of benzene rings is 2. The molecule has 2 heterocycles. The van der Waals surface area contributed by atoms with Crippen LogP contribution in [0.1, 0.15) is 28.0 Å². The second kappa shape index (κ2) is 6.78. The quantitative estimate of drug-likeness (QED) is 0.639. The van der Waals surface area contributed by atoms with Crippen molar-refractivity contribution in [1.29, 1.82) is 0 Å². The number of aryl methyl sites for hydroxylation is 1. The topological polar surface area (TPSA) is 38.1 Å². The Balaban J connectivity index is 1.75. The molecule has 1 amide bonds. The maximum absolute atomic E-state index is 14.5. The van der Waals surface area contributed by atoms with Crippen LogP contribution in [0.15, 0.2) is 42.6 Å². The molecule has 0 atom stereocenters. The Labute approximate surface area is 160 Å². The van der Waals surface area contributed by atoms with Crippen LogP contribution in [-0.4, -0.2) is 22.2 Å². The van der Waals surface area contributed by atoms with Crippen LogP contribution in [-0.2, 0) is 6.42 Å². The molecule has 1 aliphatic heterocycles. The number of fused-ring (bicyclic) bond motifs is 1. The third-order valence-electron chi connectivity index (χ3n) is 4.77. The molecule has 0 spiro atoms. The molecule has 138 valence electrons. The fourth-order valence-electron chi connectivity index (χ4n) is 3.49. The summed E-state index contributed by atoms with van der Waals surface area (Å²) >= 11 is 5.95. The maximum atomic E-state index is 14.5. The van der Waals surface area contributed by atoms with Crippen LogP contribution in [0.25, 0.3) is 5.69 Å². The number of aromatic nitrogens is 2. The molecular formula is C20H16ClF2N3O. The highest BCUT2D eigenvalue weighted by Gasteiger charge is 2.29. The first kappa shape index (κ1) is 17.7. The highest BCUT2D eigenvalue weighted by atomic mass is 35.5. The Morgan fingerprint density at radius 3 is 2.74 bits per heavy atom. The molecule has 1 aliphatic rings. The van der Waals surface area contributed by atoms with Gasteiger partial charge in [-0.3, -0.25) is 4.79 Å². The number of hydrogen-bond donors (Lipinski definition) is 0. The van der Waals surface area contributed by atoms with Crippen LogP contribution in [0.2, 0.25) is 5.02 Å². The number of para-hydroxylation sites is 1. The van der Waals surface area contributed by atoms with Crippen LogP contribution < -0.4 is 4.90 Å². The largest absolute Gasteiger partial charge is 0.305 e. The summed E-state index contributed by atoms with van der Waals surface area (Å²) in [4.78, 5) is 14.5. The SMILES string of the molecule is Cc1c(C(=O)N2CCCc3cc(Cl)cc(F)c32)cnn1-c1ccccc1F. The standard InChI is InChI=1S/C20H16ClF2N3O/c1-12-15(11-24-26(12)18-7-3-2-6-16(18)22)20(27)25-8-4-5-13-9-14(21)10-17(23)19(13)25/h2-3,6-7,9-11H,4-5,8H2,1H3. The Morgan fingerprint density at radius 1 is 1.19 bits per heavy atom. The summed E-state index contributed by atoms with van der Waals surface area (Å²) in [6.07, 6.45) is 2.76. The molecule has 0 aliphatic carbocycles. The van der Waals surface area contributed by atoms with Gasteiger partial charge in [0, 0.05) is 11.6 Å². The lowest BCUT2D eigenvalue weighted by Gasteiger charge is -2.30. The number of anilines is 1.